The van der Waals surface area contributed by atoms with Gasteiger partial charge in [0.25, 0.3) is 0 Å². The molecule has 0 amide bonds. The lowest BCUT2D eigenvalue weighted by Gasteiger charge is -2.08. The summed E-state index contributed by atoms with van der Waals surface area (Å²) in [6.07, 6.45) is 2.42. The molecule has 0 atom stereocenters. The molecule has 0 saturated carbocycles. The standard InChI is InChI=1S/C15H16N2O2/c1-11-10-13(7-9-16-11)17-8-6-12-4-2-3-5-14(12)15(18)19/h2-5,7,9-10H,6,8H2,1H3,(H,16,17)(H,18,19). The lowest BCUT2D eigenvalue weighted by atomic mass is 10.0. The van der Waals surface area contributed by atoms with Crippen LogP contribution in [0.25, 0.3) is 0 Å². The number of pyridine rings is 1. The second-order valence-electron chi connectivity index (χ2n) is 4.32. The van der Waals surface area contributed by atoms with Crippen molar-refractivity contribution in [2.75, 3.05) is 11.9 Å². The number of nitrogens with zero attached hydrogens (tertiary/aromatic N) is 1. The molecule has 0 aliphatic heterocycles. The Labute approximate surface area is 112 Å². The molecule has 1 aromatic heterocycles. The molecule has 0 fully saturated rings. The van der Waals surface area contributed by atoms with E-state index in [4.69, 9.17) is 5.11 Å². The Morgan fingerprint density at radius 1 is 1.32 bits per heavy atom. The van der Waals surface area contributed by atoms with Crippen LogP contribution in [0.4, 0.5) is 5.69 Å². The minimum atomic E-state index is -0.879. The van der Waals surface area contributed by atoms with Gasteiger partial charge in [-0.2, -0.15) is 0 Å². The third-order valence-corrected chi connectivity index (χ3v) is 2.87. The number of nitrogens with one attached hydrogen (secondary N) is 1. The molecule has 1 aromatic carbocycles. The summed E-state index contributed by atoms with van der Waals surface area (Å²) < 4.78 is 0. The molecule has 2 rings (SSSR count). The molecule has 0 spiro atoms. The molecule has 0 aliphatic rings. The monoisotopic (exact) mass is 256 g/mol. The number of anilines is 1. The summed E-state index contributed by atoms with van der Waals surface area (Å²) in [6.45, 7) is 2.62. The van der Waals surface area contributed by atoms with E-state index in [9.17, 15) is 4.79 Å². The highest BCUT2D eigenvalue weighted by Gasteiger charge is 2.08. The maximum Gasteiger partial charge on any atom is 0.335 e. The van der Waals surface area contributed by atoms with Crippen molar-refractivity contribution in [3.63, 3.8) is 0 Å². The molecule has 1 heterocycles. The summed E-state index contributed by atoms with van der Waals surface area (Å²) in [5.74, 6) is -0.879. The average molecular weight is 256 g/mol. The molecular weight excluding hydrogens is 240 g/mol. The average Bonchev–Trinajstić information content (AvgIpc) is 2.39. The van der Waals surface area contributed by atoms with E-state index in [0.717, 1.165) is 16.9 Å². The number of carbonyl (C=O) groups is 1. The van der Waals surface area contributed by atoms with Gasteiger partial charge in [0.1, 0.15) is 0 Å². The van der Waals surface area contributed by atoms with Gasteiger partial charge in [-0.1, -0.05) is 18.2 Å². The van der Waals surface area contributed by atoms with Crippen LogP contribution in [0.15, 0.2) is 42.6 Å². The van der Waals surface area contributed by atoms with Gasteiger partial charge in [0.2, 0.25) is 0 Å². The summed E-state index contributed by atoms with van der Waals surface area (Å²) in [5.41, 5.74) is 3.17. The third-order valence-electron chi connectivity index (χ3n) is 2.87. The Hall–Kier alpha value is -2.36. The zero-order valence-electron chi connectivity index (χ0n) is 10.8. The lowest BCUT2D eigenvalue weighted by molar-refractivity contribution is 0.0695. The zero-order chi connectivity index (χ0) is 13.7. The molecule has 2 N–H and O–H groups in total. The van der Waals surface area contributed by atoms with Crippen LogP contribution in [0.3, 0.4) is 0 Å². The van der Waals surface area contributed by atoms with Gasteiger partial charge in [-0.15, -0.1) is 0 Å². The number of hydrogen-bond donors (Lipinski definition) is 2. The number of aromatic nitrogens is 1. The SMILES string of the molecule is Cc1cc(NCCc2ccccc2C(=O)O)ccn1. The van der Waals surface area contributed by atoms with Crippen molar-refractivity contribution in [3.8, 4) is 0 Å². The molecule has 98 valence electrons. The fourth-order valence-corrected chi connectivity index (χ4v) is 1.94. The molecule has 0 unspecified atom stereocenters. The van der Waals surface area contributed by atoms with Crippen molar-refractivity contribution in [1.29, 1.82) is 0 Å². The van der Waals surface area contributed by atoms with Gasteiger partial charge in [-0.05, 0) is 37.1 Å². The van der Waals surface area contributed by atoms with Crippen molar-refractivity contribution in [3.05, 3.63) is 59.4 Å². The summed E-state index contributed by atoms with van der Waals surface area (Å²) in [4.78, 5) is 15.2. The van der Waals surface area contributed by atoms with Gasteiger partial charge in [0.15, 0.2) is 0 Å². The van der Waals surface area contributed by atoms with Gasteiger partial charge in [-0.25, -0.2) is 4.79 Å². The molecule has 0 saturated heterocycles. The van der Waals surface area contributed by atoms with E-state index in [-0.39, 0.29) is 0 Å². The molecule has 19 heavy (non-hydrogen) atoms. The van der Waals surface area contributed by atoms with E-state index in [2.05, 4.69) is 10.3 Å². The number of aromatic carboxylic acids is 1. The van der Waals surface area contributed by atoms with Gasteiger partial charge in [0, 0.05) is 24.1 Å². The van der Waals surface area contributed by atoms with Crippen molar-refractivity contribution in [2.24, 2.45) is 0 Å². The van der Waals surface area contributed by atoms with E-state index in [1.165, 1.54) is 0 Å². The number of aryl methyl sites for hydroxylation is 1. The summed E-state index contributed by atoms with van der Waals surface area (Å²) in [7, 11) is 0. The van der Waals surface area contributed by atoms with Crippen molar-refractivity contribution in [1.82, 2.24) is 4.98 Å². The highest BCUT2D eigenvalue weighted by atomic mass is 16.4. The first kappa shape index (κ1) is 13.1. The predicted molar refractivity (Wildman–Crippen MR) is 74.6 cm³/mol. The molecule has 4 heteroatoms. The minimum Gasteiger partial charge on any atom is -0.478 e. The highest BCUT2D eigenvalue weighted by molar-refractivity contribution is 5.89. The largest absolute Gasteiger partial charge is 0.478 e. The fraction of sp³-hybridized carbons (Fsp3) is 0.200. The molecule has 0 aliphatic carbocycles. The number of benzene rings is 1. The van der Waals surface area contributed by atoms with Crippen LogP contribution in [-0.2, 0) is 6.42 Å². The number of carboxylic acids is 1. The summed E-state index contributed by atoms with van der Waals surface area (Å²) >= 11 is 0. The zero-order valence-corrected chi connectivity index (χ0v) is 10.8. The molecule has 2 aromatic rings. The van der Waals surface area contributed by atoms with E-state index in [0.29, 0.717) is 18.5 Å². The van der Waals surface area contributed by atoms with Crippen molar-refractivity contribution in [2.45, 2.75) is 13.3 Å². The second kappa shape index (κ2) is 6.00. The number of hydrogen-bond acceptors (Lipinski definition) is 3. The smallest absolute Gasteiger partial charge is 0.335 e. The minimum absolute atomic E-state index is 0.371. The van der Waals surface area contributed by atoms with Gasteiger partial charge in [-0.3, -0.25) is 4.98 Å². The van der Waals surface area contributed by atoms with Crippen LogP contribution < -0.4 is 5.32 Å². The Morgan fingerprint density at radius 2 is 2.11 bits per heavy atom. The first-order valence-corrected chi connectivity index (χ1v) is 6.14. The number of rotatable bonds is 5. The highest BCUT2D eigenvalue weighted by Crippen LogP contribution is 2.11. The Balaban J connectivity index is 1.98. The molecular formula is C15H16N2O2. The van der Waals surface area contributed by atoms with Gasteiger partial charge in [0.05, 0.1) is 5.56 Å². The van der Waals surface area contributed by atoms with Crippen LogP contribution in [0.1, 0.15) is 21.6 Å². The first-order chi connectivity index (χ1) is 9.16. The van der Waals surface area contributed by atoms with Crippen LogP contribution in [0.5, 0.6) is 0 Å². The summed E-state index contributed by atoms with van der Waals surface area (Å²) in [5, 5.41) is 12.4. The Bertz CT molecular complexity index is 582. The topological polar surface area (TPSA) is 62.2 Å². The lowest BCUT2D eigenvalue weighted by Crippen LogP contribution is -2.09. The van der Waals surface area contributed by atoms with Gasteiger partial charge < -0.3 is 10.4 Å². The van der Waals surface area contributed by atoms with Crippen molar-refractivity contribution >= 4 is 11.7 Å². The van der Waals surface area contributed by atoms with E-state index in [1.54, 1.807) is 18.3 Å². The number of carboxylic acid groups (broad SMARTS) is 1. The quantitative estimate of drug-likeness (QED) is 0.863. The Morgan fingerprint density at radius 3 is 2.84 bits per heavy atom. The maximum atomic E-state index is 11.1. The van der Waals surface area contributed by atoms with Crippen molar-refractivity contribution < 1.29 is 9.90 Å². The van der Waals surface area contributed by atoms with E-state index in [1.807, 2.05) is 31.2 Å². The predicted octanol–water partition coefficient (Wildman–Crippen LogP) is 2.74. The second-order valence-corrected chi connectivity index (χ2v) is 4.32. The molecule has 0 radical (unpaired) electrons. The fourth-order valence-electron chi connectivity index (χ4n) is 1.94. The van der Waals surface area contributed by atoms with Crippen LogP contribution in [0.2, 0.25) is 0 Å². The summed E-state index contributed by atoms with van der Waals surface area (Å²) in [6, 6.07) is 10.9. The van der Waals surface area contributed by atoms with Crippen LogP contribution in [-0.4, -0.2) is 22.6 Å². The third kappa shape index (κ3) is 3.55. The normalized spacial score (nSPS) is 10.2. The first-order valence-electron chi connectivity index (χ1n) is 6.14. The molecule has 0 bridgehead atoms. The van der Waals surface area contributed by atoms with Crippen LogP contribution in [0, 0.1) is 6.92 Å². The Kier molecular flexibility index (Phi) is 4.13. The maximum absolute atomic E-state index is 11.1. The molecule has 4 nitrogen and oxygen atoms in total. The van der Waals surface area contributed by atoms with E-state index < -0.39 is 5.97 Å². The van der Waals surface area contributed by atoms with E-state index >= 15 is 0 Å². The van der Waals surface area contributed by atoms with Crippen LogP contribution >= 0.6 is 0 Å². The van der Waals surface area contributed by atoms with Gasteiger partial charge >= 0.3 is 5.97 Å².